The Labute approximate surface area is 190 Å². The summed E-state index contributed by atoms with van der Waals surface area (Å²) < 4.78 is 20.3. The summed E-state index contributed by atoms with van der Waals surface area (Å²) in [7, 11) is 0. The molecule has 160 valence electrons. The molecule has 0 amide bonds. The van der Waals surface area contributed by atoms with Crippen molar-refractivity contribution in [1.82, 2.24) is 15.2 Å². The number of piperazine rings is 1. The minimum Gasteiger partial charge on any atom is -0.356 e. The summed E-state index contributed by atoms with van der Waals surface area (Å²) in [6, 6.07) is 16.4. The first-order valence-electron chi connectivity index (χ1n) is 10.5. The number of benzene rings is 2. The molecule has 3 heterocycles. The van der Waals surface area contributed by atoms with Crippen molar-refractivity contribution in [2.75, 3.05) is 37.8 Å². The maximum atomic E-state index is 13.6. The fraction of sp³-hybridized carbons (Fsp3) is 0.292. The van der Waals surface area contributed by atoms with E-state index in [0.29, 0.717) is 13.3 Å². The standard InChI is InChI=1S/C24H24BrFN4O/c25-23-10-17(14-29-8-6-27-7-9-29)4-5-22(23)18-2-1-3-21(12-18)30-16-31-15-19-11-20(26)13-28-24(19)30/h1-5,10-13,27H,6-9,14-16H2. The quantitative estimate of drug-likeness (QED) is 0.584. The molecule has 1 fully saturated rings. The number of rotatable bonds is 4. The lowest BCUT2D eigenvalue weighted by molar-refractivity contribution is 0.116. The van der Waals surface area contributed by atoms with Crippen molar-refractivity contribution in [1.29, 1.82) is 0 Å². The van der Waals surface area contributed by atoms with Gasteiger partial charge in [0.05, 0.1) is 12.8 Å². The monoisotopic (exact) mass is 482 g/mol. The van der Waals surface area contributed by atoms with Gasteiger partial charge in [0.1, 0.15) is 18.4 Å². The number of pyridine rings is 1. The molecule has 2 aromatic carbocycles. The van der Waals surface area contributed by atoms with Crippen LogP contribution in [0.2, 0.25) is 0 Å². The van der Waals surface area contributed by atoms with Crippen LogP contribution >= 0.6 is 15.9 Å². The van der Waals surface area contributed by atoms with Crippen LogP contribution in [0.1, 0.15) is 11.1 Å². The van der Waals surface area contributed by atoms with Crippen molar-refractivity contribution >= 4 is 27.4 Å². The molecule has 0 saturated carbocycles. The van der Waals surface area contributed by atoms with Gasteiger partial charge in [-0.15, -0.1) is 0 Å². The van der Waals surface area contributed by atoms with Gasteiger partial charge >= 0.3 is 0 Å². The van der Waals surface area contributed by atoms with Gasteiger partial charge in [0, 0.05) is 48.4 Å². The highest BCUT2D eigenvalue weighted by atomic mass is 79.9. The molecule has 0 atom stereocenters. The number of nitrogens with one attached hydrogen (secondary N) is 1. The third-order valence-corrected chi connectivity index (χ3v) is 6.42. The summed E-state index contributed by atoms with van der Waals surface area (Å²) in [6.45, 7) is 5.99. The Morgan fingerprint density at radius 2 is 1.97 bits per heavy atom. The van der Waals surface area contributed by atoms with Crippen molar-refractivity contribution in [3.05, 3.63) is 76.1 Å². The van der Waals surface area contributed by atoms with Crippen molar-refractivity contribution in [3.63, 3.8) is 0 Å². The number of ether oxygens (including phenoxy) is 1. The normalized spacial score (nSPS) is 16.9. The second-order valence-corrected chi connectivity index (χ2v) is 8.79. The van der Waals surface area contributed by atoms with Gasteiger partial charge in [0.2, 0.25) is 0 Å². The van der Waals surface area contributed by atoms with Crippen molar-refractivity contribution in [2.24, 2.45) is 0 Å². The number of hydrogen-bond donors (Lipinski definition) is 1. The molecule has 0 spiro atoms. The lowest BCUT2D eigenvalue weighted by Crippen LogP contribution is -2.42. The molecule has 1 saturated heterocycles. The fourth-order valence-corrected chi connectivity index (χ4v) is 4.84. The van der Waals surface area contributed by atoms with E-state index >= 15 is 0 Å². The highest BCUT2D eigenvalue weighted by Crippen LogP contribution is 2.35. The van der Waals surface area contributed by atoms with Crippen molar-refractivity contribution in [2.45, 2.75) is 13.2 Å². The van der Waals surface area contributed by atoms with Gasteiger partial charge in [-0.1, -0.05) is 40.2 Å². The third-order valence-electron chi connectivity index (χ3n) is 5.76. The van der Waals surface area contributed by atoms with Gasteiger partial charge in [0.25, 0.3) is 0 Å². The van der Waals surface area contributed by atoms with E-state index in [0.717, 1.165) is 65.4 Å². The minimum absolute atomic E-state index is 0.345. The Hall–Kier alpha value is -2.32. The molecule has 1 aromatic heterocycles. The number of nitrogens with zero attached hydrogens (tertiary/aromatic N) is 3. The minimum atomic E-state index is -0.345. The largest absolute Gasteiger partial charge is 0.356 e. The van der Waals surface area contributed by atoms with Crippen LogP contribution in [-0.2, 0) is 17.9 Å². The summed E-state index contributed by atoms with van der Waals surface area (Å²) >= 11 is 3.78. The van der Waals surface area contributed by atoms with Gasteiger partial charge < -0.3 is 15.0 Å². The SMILES string of the molecule is Fc1cnc2c(c1)COCN2c1cccc(-c2ccc(CN3CCNCC3)cc2Br)c1. The van der Waals surface area contributed by atoms with E-state index in [9.17, 15) is 4.39 Å². The van der Waals surface area contributed by atoms with E-state index in [1.165, 1.54) is 17.8 Å². The second-order valence-electron chi connectivity index (χ2n) is 7.93. The Kier molecular flexibility index (Phi) is 6.00. The van der Waals surface area contributed by atoms with Crippen molar-refractivity contribution in [3.8, 4) is 11.1 Å². The highest BCUT2D eigenvalue weighted by molar-refractivity contribution is 9.10. The van der Waals surface area contributed by atoms with Crippen LogP contribution in [0.3, 0.4) is 0 Å². The predicted octanol–water partition coefficient (Wildman–Crippen LogP) is 4.68. The predicted molar refractivity (Wildman–Crippen MR) is 124 cm³/mol. The summed E-state index contributed by atoms with van der Waals surface area (Å²) in [4.78, 5) is 8.77. The number of hydrogen-bond acceptors (Lipinski definition) is 5. The Bertz CT molecular complexity index is 1090. The van der Waals surface area contributed by atoms with Gasteiger partial charge in [-0.25, -0.2) is 9.37 Å². The maximum absolute atomic E-state index is 13.6. The van der Waals surface area contributed by atoms with E-state index in [2.05, 4.69) is 61.5 Å². The fourth-order valence-electron chi connectivity index (χ4n) is 4.19. The Morgan fingerprint density at radius 1 is 1.10 bits per heavy atom. The number of halogens is 2. The molecule has 2 aliphatic rings. The van der Waals surface area contributed by atoms with Gasteiger partial charge in [-0.05, 0) is 41.0 Å². The third kappa shape index (κ3) is 4.50. The molecular formula is C24H24BrFN4O. The second kappa shape index (κ2) is 9.04. The molecular weight excluding hydrogens is 459 g/mol. The summed E-state index contributed by atoms with van der Waals surface area (Å²) in [5, 5.41) is 3.40. The van der Waals surface area contributed by atoms with E-state index in [4.69, 9.17) is 4.74 Å². The summed E-state index contributed by atoms with van der Waals surface area (Å²) in [5.41, 5.74) is 5.27. The van der Waals surface area contributed by atoms with Crippen LogP contribution in [0.15, 0.2) is 59.2 Å². The molecule has 5 nitrogen and oxygen atoms in total. The lowest BCUT2D eigenvalue weighted by atomic mass is 10.0. The first-order chi connectivity index (χ1) is 15.2. The Morgan fingerprint density at radius 3 is 2.81 bits per heavy atom. The van der Waals surface area contributed by atoms with Gasteiger partial charge in [0.15, 0.2) is 0 Å². The number of anilines is 2. The zero-order chi connectivity index (χ0) is 21.2. The molecule has 0 bridgehead atoms. The van der Waals surface area contributed by atoms with Crippen LogP contribution in [0.4, 0.5) is 15.9 Å². The number of aromatic nitrogens is 1. The average Bonchev–Trinajstić information content (AvgIpc) is 2.79. The molecule has 0 radical (unpaired) electrons. The first-order valence-corrected chi connectivity index (χ1v) is 11.3. The van der Waals surface area contributed by atoms with E-state index in [-0.39, 0.29) is 5.82 Å². The van der Waals surface area contributed by atoms with Crippen LogP contribution in [0.25, 0.3) is 11.1 Å². The Balaban J connectivity index is 1.41. The summed E-state index contributed by atoms with van der Waals surface area (Å²) in [5.74, 6) is 0.401. The molecule has 0 unspecified atom stereocenters. The first kappa shape index (κ1) is 20.6. The zero-order valence-electron chi connectivity index (χ0n) is 17.2. The van der Waals surface area contributed by atoms with Crippen LogP contribution in [-0.4, -0.2) is 42.8 Å². The van der Waals surface area contributed by atoms with E-state index < -0.39 is 0 Å². The summed E-state index contributed by atoms with van der Waals surface area (Å²) in [6.07, 6.45) is 1.26. The van der Waals surface area contributed by atoms with Gasteiger partial charge in [-0.3, -0.25) is 4.90 Å². The zero-order valence-corrected chi connectivity index (χ0v) is 18.7. The molecule has 2 aliphatic heterocycles. The van der Waals surface area contributed by atoms with Crippen LogP contribution < -0.4 is 10.2 Å². The smallest absolute Gasteiger partial charge is 0.142 e. The topological polar surface area (TPSA) is 40.6 Å². The molecule has 0 aliphatic carbocycles. The highest BCUT2D eigenvalue weighted by Gasteiger charge is 2.21. The molecule has 31 heavy (non-hydrogen) atoms. The molecule has 3 aromatic rings. The van der Waals surface area contributed by atoms with Crippen molar-refractivity contribution < 1.29 is 9.13 Å². The molecule has 5 rings (SSSR count). The van der Waals surface area contributed by atoms with Crippen LogP contribution in [0, 0.1) is 5.82 Å². The maximum Gasteiger partial charge on any atom is 0.142 e. The van der Waals surface area contributed by atoms with Crippen LogP contribution in [0.5, 0.6) is 0 Å². The lowest BCUT2D eigenvalue weighted by Gasteiger charge is -2.30. The average molecular weight is 483 g/mol. The molecule has 7 heteroatoms. The molecule has 1 N–H and O–H groups in total. The van der Waals surface area contributed by atoms with Gasteiger partial charge in [-0.2, -0.15) is 0 Å². The van der Waals surface area contributed by atoms with E-state index in [1.807, 2.05) is 17.0 Å². The van der Waals surface area contributed by atoms with E-state index in [1.54, 1.807) is 0 Å². The number of fused-ring (bicyclic) bond motifs is 1.